The summed E-state index contributed by atoms with van der Waals surface area (Å²) in [7, 11) is 0. The first-order valence-corrected chi connectivity index (χ1v) is 5.34. The first-order valence-electron chi connectivity index (χ1n) is 5.34. The molecule has 15 heavy (non-hydrogen) atoms. The molecule has 1 N–H and O–H groups in total. The number of hydrogen-bond acceptors (Lipinski definition) is 2. The standard InChI is InChI=1S/C10H19F3N2/c1-7(2)15(6-10(11,12)13)9-5-14-4-8(9)3/h7-9,14H,4-6H2,1-3H3. The summed E-state index contributed by atoms with van der Waals surface area (Å²) in [6.07, 6.45) is -4.10. The molecule has 5 heteroatoms. The Morgan fingerprint density at radius 2 is 1.93 bits per heavy atom. The van der Waals surface area contributed by atoms with Gasteiger partial charge in [0.05, 0.1) is 6.54 Å². The van der Waals surface area contributed by atoms with Gasteiger partial charge in [-0.15, -0.1) is 0 Å². The monoisotopic (exact) mass is 224 g/mol. The lowest BCUT2D eigenvalue weighted by molar-refractivity contribution is -0.155. The van der Waals surface area contributed by atoms with Crippen LogP contribution >= 0.6 is 0 Å². The second kappa shape index (κ2) is 4.70. The molecule has 90 valence electrons. The molecule has 1 saturated heterocycles. The number of halogens is 3. The Morgan fingerprint density at radius 3 is 2.27 bits per heavy atom. The van der Waals surface area contributed by atoms with Crippen LogP contribution in [-0.4, -0.2) is 42.8 Å². The molecular weight excluding hydrogens is 205 g/mol. The Bertz CT molecular complexity index is 203. The van der Waals surface area contributed by atoms with E-state index in [1.807, 2.05) is 20.8 Å². The summed E-state index contributed by atoms with van der Waals surface area (Å²) in [5.41, 5.74) is 0. The second-order valence-electron chi connectivity index (χ2n) is 4.58. The summed E-state index contributed by atoms with van der Waals surface area (Å²) < 4.78 is 37.2. The van der Waals surface area contributed by atoms with E-state index in [1.165, 1.54) is 0 Å². The van der Waals surface area contributed by atoms with E-state index >= 15 is 0 Å². The van der Waals surface area contributed by atoms with E-state index in [1.54, 1.807) is 4.90 Å². The molecule has 0 radical (unpaired) electrons. The minimum atomic E-state index is -4.10. The smallest absolute Gasteiger partial charge is 0.315 e. The fraction of sp³-hybridized carbons (Fsp3) is 1.00. The van der Waals surface area contributed by atoms with E-state index in [9.17, 15) is 13.2 Å². The highest BCUT2D eigenvalue weighted by Gasteiger charge is 2.38. The van der Waals surface area contributed by atoms with Crippen LogP contribution in [-0.2, 0) is 0 Å². The van der Waals surface area contributed by atoms with Crippen LogP contribution < -0.4 is 5.32 Å². The Labute approximate surface area is 88.8 Å². The molecule has 0 aliphatic carbocycles. The van der Waals surface area contributed by atoms with E-state index in [2.05, 4.69) is 5.32 Å². The van der Waals surface area contributed by atoms with E-state index in [4.69, 9.17) is 0 Å². The third-order valence-electron chi connectivity index (χ3n) is 2.93. The lowest BCUT2D eigenvalue weighted by Crippen LogP contribution is -2.48. The normalized spacial score (nSPS) is 28.0. The van der Waals surface area contributed by atoms with Gasteiger partial charge in [-0.25, -0.2) is 0 Å². The molecule has 1 fully saturated rings. The van der Waals surface area contributed by atoms with Crippen molar-refractivity contribution in [1.82, 2.24) is 10.2 Å². The Morgan fingerprint density at radius 1 is 1.33 bits per heavy atom. The van der Waals surface area contributed by atoms with Gasteiger partial charge < -0.3 is 5.32 Å². The first kappa shape index (κ1) is 12.8. The number of nitrogens with one attached hydrogen (secondary N) is 1. The van der Waals surface area contributed by atoms with Crippen molar-refractivity contribution in [2.75, 3.05) is 19.6 Å². The van der Waals surface area contributed by atoms with Gasteiger partial charge >= 0.3 is 6.18 Å². The third-order valence-corrected chi connectivity index (χ3v) is 2.93. The fourth-order valence-corrected chi connectivity index (χ4v) is 2.13. The van der Waals surface area contributed by atoms with Crippen LogP contribution in [0.25, 0.3) is 0 Å². The van der Waals surface area contributed by atoms with Gasteiger partial charge in [-0.05, 0) is 26.3 Å². The molecule has 0 bridgehead atoms. The number of alkyl halides is 3. The molecule has 0 aromatic heterocycles. The van der Waals surface area contributed by atoms with Crippen molar-refractivity contribution in [3.63, 3.8) is 0 Å². The lowest BCUT2D eigenvalue weighted by Gasteiger charge is -2.35. The van der Waals surface area contributed by atoms with Crippen LogP contribution in [0.5, 0.6) is 0 Å². The maximum atomic E-state index is 12.4. The van der Waals surface area contributed by atoms with Crippen LogP contribution in [0.15, 0.2) is 0 Å². The van der Waals surface area contributed by atoms with Crippen molar-refractivity contribution >= 4 is 0 Å². The molecule has 2 nitrogen and oxygen atoms in total. The maximum Gasteiger partial charge on any atom is 0.401 e. The fourth-order valence-electron chi connectivity index (χ4n) is 2.13. The van der Waals surface area contributed by atoms with Gasteiger partial charge in [-0.2, -0.15) is 13.2 Å². The first-order chi connectivity index (χ1) is 6.81. The summed E-state index contributed by atoms with van der Waals surface area (Å²) >= 11 is 0. The molecule has 2 atom stereocenters. The predicted octanol–water partition coefficient (Wildman–Crippen LogP) is 1.87. The number of rotatable bonds is 3. The molecule has 0 amide bonds. The highest BCUT2D eigenvalue weighted by Crippen LogP contribution is 2.24. The van der Waals surface area contributed by atoms with Gasteiger partial charge in [-0.3, -0.25) is 4.90 Å². The molecule has 0 aromatic carbocycles. The Hall–Kier alpha value is -0.290. The molecule has 1 rings (SSSR count). The van der Waals surface area contributed by atoms with E-state index in [-0.39, 0.29) is 18.0 Å². The van der Waals surface area contributed by atoms with Gasteiger partial charge in [0.2, 0.25) is 0 Å². The van der Waals surface area contributed by atoms with Crippen molar-refractivity contribution in [1.29, 1.82) is 0 Å². The summed E-state index contributed by atoms with van der Waals surface area (Å²) in [5.74, 6) is 0.287. The molecular formula is C10H19F3N2. The number of nitrogens with zero attached hydrogens (tertiary/aromatic N) is 1. The van der Waals surface area contributed by atoms with Crippen LogP contribution in [0.1, 0.15) is 20.8 Å². The van der Waals surface area contributed by atoms with Gasteiger partial charge in [0.1, 0.15) is 0 Å². The molecule has 0 saturated carbocycles. The van der Waals surface area contributed by atoms with Crippen molar-refractivity contribution in [3.05, 3.63) is 0 Å². The zero-order valence-corrected chi connectivity index (χ0v) is 9.43. The molecule has 1 aliphatic heterocycles. The highest BCUT2D eigenvalue weighted by molar-refractivity contribution is 4.88. The van der Waals surface area contributed by atoms with Gasteiger partial charge in [0.15, 0.2) is 0 Å². The largest absolute Gasteiger partial charge is 0.401 e. The van der Waals surface area contributed by atoms with Gasteiger partial charge in [-0.1, -0.05) is 6.92 Å². The lowest BCUT2D eigenvalue weighted by atomic mass is 10.0. The number of hydrogen-bond donors (Lipinski definition) is 1. The second-order valence-corrected chi connectivity index (χ2v) is 4.58. The Kier molecular flexibility index (Phi) is 4.00. The minimum Gasteiger partial charge on any atom is -0.315 e. The van der Waals surface area contributed by atoms with Crippen LogP contribution in [0.2, 0.25) is 0 Å². The highest BCUT2D eigenvalue weighted by atomic mass is 19.4. The summed E-state index contributed by atoms with van der Waals surface area (Å²) in [5, 5.41) is 3.13. The van der Waals surface area contributed by atoms with Crippen molar-refractivity contribution in [2.24, 2.45) is 5.92 Å². The van der Waals surface area contributed by atoms with Crippen LogP contribution in [0, 0.1) is 5.92 Å². The predicted molar refractivity (Wildman–Crippen MR) is 53.7 cm³/mol. The summed E-state index contributed by atoms with van der Waals surface area (Å²) in [6.45, 7) is 6.30. The molecule has 2 unspecified atom stereocenters. The summed E-state index contributed by atoms with van der Waals surface area (Å²) in [4.78, 5) is 1.55. The van der Waals surface area contributed by atoms with Crippen LogP contribution in [0.3, 0.4) is 0 Å². The molecule has 1 heterocycles. The summed E-state index contributed by atoms with van der Waals surface area (Å²) in [6, 6.07) is -0.0643. The maximum absolute atomic E-state index is 12.4. The molecule has 0 spiro atoms. The van der Waals surface area contributed by atoms with Crippen molar-refractivity contribution in [3.8, 4) is 0 Å². The molecule has 0 aromatic rings. The topological polar surface area (TPSA) is 15.3 Å². The minimum absolute atomic E-state index is 0.00613. The average molecular weight is 224 g/mol. The van der Waals surface area contributed by atoms with Crippen LogP contribution in [0.4, 0.5) is 13.2 Å². The third kappa shape index (κ3) is 3.65. The average Bonchev–Trinajstić information content (AvgIpc) is 2.45. The Balaban J connectivity index is 2.65. The van der Waals surface area contributed by atoms with Gasteiger partial charge in [0.25, 0.3) is 0 Å². The van der Waals surface area contributed by atoms with E-state index in [0.717, 1.165) is 6.54 Å². The quantitative estimate of drug-likeness (QED) is 0.787. The van der Waals surface area contributed by atoms with E-state index in [0.29, 0.717) is 6.54 Å². The van der Waals surface area contributed by atoms with Crippen molar-refractivity contribution < 1.29 is 13.2 Å². The zero-order chi connectivity index (χ0) is 11.6. The molecule has 1 aliphatic rings. The van der Waals surface area contributed by atoms with Gasteiger partial charge in [0, 0.05) is 18.6 Å². The SMILES string of the molecule is CC1CNCC1N(CC(F)(F)F)C(C)C. The zero-order valence-electron chi connectivity index (χ0n) is 9.43. The van der Waals surface area contributed by atoms with E-state index < -0.39 is 12.7 Å². The van der Waals surface area contributed by atoms with Crippen molar-refractivity contribution in [2.45, 2.75) is 39.0 Å².